The number of hydrogen-bond donors (Lipinski definition) is 0. The molecule has 1 fully saturated rings. The van der Waals surface area contributed by atoms with Crippen molar-refractivity contribution < 1.29 is 4.74 Å². The molecule has 5 nitrogen and oxygen atoms in total. The molecule has 3 rings (SSSR count). The van der Waals surface area contributed by atoms with Gasteiger partial charge in [0.25, 0.3) is 0 Å². The van der Waals surface area contributed by atoms with Crippen LogP contribution in [-0.2, 0) is 4.74 Å². The number of anilines is 1. The molecule has 0 radical (unpaired) electrons. The fourth-order valence-corrected chi connectivity index (χ4v) is 2.76. The molecule has 0 saturated carbocycles. The van der Waals surface area contributed by atoms with Crippen molar-refractivity contribution in [3.63, 3.8) is 0 Å². The molecule has 1 aliphatic heterocycles. The SMILES string of the molecule is CN(c1ncccc1C#N)[C@H]1CCO[C@@H]1c1cccnc1. The number of hydrogen-bond acceptors (Lipinski definition) is 5. The lowest BCUT2D eigenvalue weighted by molar-refractivity contribution is 0.104. The number of pyridine rings is 2. The lowest BCUT2D eigenvalue weighted by atomic mass is 10.0. The van der Waals surface area contributed by atoms with Crippen molar-refractivity contribution in [2.45, 2.75) is 18.6 Å². The molecule has 0 N–H and O–H groups in total. The number of nitriles is 1. The minimum atomic E-state index is -0.0442. The van der Waals surface area contributed by atoms with Crippen LogP contribution in [0.4, 0.5) is 5.82 Å². The average molecular weight is 280 g/mol. The maximum Gasteiger partial charge on any atom is 0.146 e. The average Bonchev–Trinajstić information content (AvgIpc) is 3.04. The van der Waals surface area contributed by atoms with Crippen LogP contribution in [0.1, 0.15) is 23.7 Å². The Balaban J connectivity index is 1.90. The van der Waals surface area contributed by atoms with E-state index in [1.807, 2.05) is 30.3 Å². The Morgan fingerprint density at radius 1 is 1.33 bits per heavy atom. The molecule has 2 aromatic rings. The Morgan fingerprint density at radius 3 is 2.95 bits per heavy atom. The van der Waals surface area contributed by atoms with Gasteiger partial charge in [0.1, 0.15) is 18.0 Å². The van der Waals surface area contributed by atoms with Crippen LogP contribution < -0.4 is 4.90 Å². The van der Waals surface area contributed by atoms with Gasteiger partial charge in [0.2, 0.25) is 0 Å². The Hall–Kier alpha value is -2.45. The summed E-state index contributed by atoms with van der Waals surface area (Å²) < 4.78 is 5.88. The monoisotopic (exact) mass is 280 g/mol. The molecule has 0 bridgehead atoms. The zero-order chi connectivity index (χ0) is 14.7. The Labute approximate surface area is 123 Å². The molecule has 3 heterocycles. The van der Waals surface area contributed by atoms with E-state index in [0.29, 0.717) is 18.0 Å². The van der Waals surface area contributed by atoms with Crippen molar-refractivity contribution in [1.82, 2.24) is 9.97 Å². The Bertz CT molecular complexity index is 653. The van der Waals surface area contributed by atoms with Crippen molar-refractivity contribution in [3.05, 3.63) is 54.0 Å². The van der Waals surface area contributed by atoms with Gasteiger partial charge in [-0.1, -0.05) is 6.07 Å². The summed E-state index contributed by atoms with van der Waals surface area (Å²) in [7, 11) is 1.96. The van der Waals surface area contributed by atoms with Crippen LogP contribution in [0.25, 0.3) is 0 Å². The quantitative estimate of drug-likeness (QED) is 0.863. The first kappa shape index (κ1) is 13.5. The molecule has 1 aliphatic rings. The van der Waals surface area contributed by atoms with E-state index in [4.69, 9.17) is 4.74 Å². The van der Waals surface area contributed by atoms with Gasteiger partial charge >= 0.3 is 0 Å². The third-order valence-electron chi connectivity index (χ3n) is 3.81. The van der Waals surface area contributed by atoms with Gasteiger partial charge in [-0.05, 0) is 24.6 Å². The molecule has 0 spiro atoms. The fraction of sp³-hybridized carbons (Fsp3) is 0.312. The number of nitrogens with zero attached hydrogens (tertiary/aromatic N) is 4. The maximum atomic E-state index is 9.24. The molecular formula is C16H16N4O. The fourth-order valence-electron chi connectivity index (χ4n) is 2.76. The molecule has 0 aliphatic carbocycles. The maximum absolute atomic E-state index is 9.24. The largest absolute Gasteiger partial charge is 0.371 e. The predicted molar refractivity (Wildman–Crippen MR) is 78.7 cm³/mol. The molecule has 0 unspecified atom stereocenters. The van der Waals surface area contributed by atoms with E-state index in [2.05, 4.69) is 16.0 Å². The highest BCUT2D eigenvalue weighted by atomic mass is 16.5. The number of rotatable bonds is 3. The normalized spacial score (nSPS) is 21.0. The summed E-state index contributed by atoms with van der Waals surface area (Å²) in [4.78, 5) is 10.6. The smallest absolute Gasteiger partial charge is 0.146 e. The zero-order valence-corrected chi connectivity index (χ0v) is 11.8. The minimum absolute atomic E-state index is 0.0442. The van der Waals surface area contributed by atoms with Crippen LogP contribution in [-0.4, -0.2) is 29.7 Å². The molecule has 0 aromatic carbocycles. The highest BCUT2D eigenvalue weighted by molar-refractivity contribution is 5.54. The van der Waals surface area contributed by atoms with E-state index >= 15 is 0 Å². The second kappa shape index (κ2) is 5.90. The van der Waals surface area contributed by atoms with Gasteiger partial charge in [-0.15, -0.1) is 0 Å². The van der Waals surface area contributed by atoms with Crippen molar-refractivity contribution in [2.75, 3.05) is 18.6 Å². The van der Waals surface area contributed by atoms with E-state index < -0.39 is 0 Å². The van der Waals surface area contributed by atoms with Gasteiger partial charge in [0.05, 0.1) is 11.6 Å². The van der Waals surface area contributed by atoms with E-state index in [0.717, 1.165) is 12.0 Å². The van der Waals surface area contributed by atoms with E-state index in [9.17, 15) is 5.26 Å². The summed E-state index contributed by atoms with van der Waals surface area (Å²) in [6.07, 6.45) is 6.15. The van der Waals surface area contributed by atoms with Gasteiger partial charge in [-0.3, -0.25) is 4.98 Å². The lowest BCUT2D eigenvalue weighted by Crippen LogP contribution is -2.35. The van der Waals surface area contributed by atoms with Gasteiger partial charge in [-0.25, -0.2) is 4.98 Å². The summed E-state index contributed by atoms with van der Waals surface area (Å²) in [5.41, 5.74) is 1.64. The first-order valence-electron chi connectivity index (χ1n) is 6.90. The first-order valence-corrected chi connectivity index (χ1v) is 6.90. The minimum Gasteiger partial charge on any atom is -0.371 e. The van der Waals surface area contributed by atoms with Gasteiger partial charge in [0, 0.05) is 37.8 Å². The van der Waals surface area contributed by atoms with E-state index in [-0.39, 0.29) is 12.1 Å². The second-order valence-corrected chi connectivity index (χ2v) is 5.03. The molecule has 5 heteroatoms. The van der Waals surface area contributed by atoms with E-state index in [1.54, 1.807) is 24.5 Å². The topological polar surface area (TPSA) is 62.0 Å². The second-order valence-electron chi connectivity index (χ2n) is 5.03. The summed E-state index contributed by atoms with van der Waals surface area (Å²) in [5, 5.41) is 9.24. The third-order valence-corrected chi connectivity index (χ3v) is 3.81. The van der Waals surface area contributed by atoms with Crippen molar-refractivity contribution in [2.24, 2.45) is 0 Å². The lowest BCUT2D eigenvalue weighted by Gasteiger charge is -2.30. The van der Waals surface area contributed by atoms with E-state index in [1.165, 1.54) is 0 Å². The summed E-state index contributed by atoms with van der Waals surface area (Å²) in [6.45, 7) is 0.698. The van der Waals surface area contributed by atoms with Gasteiger partial charge < -0.3 is 9.64 Å². The van der Waals surface area contributed by atoms with Crippen LogP contribution in [0.2, 0.25) is 0 Å². The van der Waals surface area contributed by atoms with Crippen LogP contribution in [0.15, 0.2) is 42.9 Å². The zero-order valence-electron chi connectivity index (χ0n) is 11.8. The van der Waals surface area contributed by atoms with Crippen molar-refractivity contribution in [1.29, 1.82) is 5.26 Å². The summed E-state index contributed by atoms with van der Waals surface area (Å²) in [5.74, 6) is 0.699. The third kappa shape index (κ3) is 2.58. The highest BCUT2D eigenvalue weighted by Gasteiger charge is 2.34. The molecule has 21 heavy (non-hydrogen) atoms. The molecular weight excluding hydrogens is 264 g/mol. The molecule has 0 amide bonds. The van der Waals surface area contributed by atoms with Crippen molar-refractivity contribution >= 4 is 5.82 Å². The first-order chi connectivity index (χ1) is 10.3. The summed E-state index contributed by atoms with van der Waals surface area (Å²) >= 11 is 0. The Kier molecular flexibility index (Phi) is 3.80. The van der Waals surface area contributed by atoms with Gasteiger partial charge in [0.15, 0.2) is 0 Å². The van der Waals surface area contributed by atoms with Crippen LogP contribution in [0.3, 0.4) is 0 Å². The van der Waals surface area contributed by atoms with Crippen molar-refractivity contribution in [3.8, 4) is 6.07 Å². The number of aromatic nitrogens is 2. The van der Waals surface area contributed by atoms with Crippen LogP contribution in [0.5, 0.6) is 0 Å². The number of likely N-dealkylation sites (N-methyl/N-ethyl adjacent to an activating group) is 1. The molecule has 2 aromatic heterocycles. The molecule has 1 saturated heterocycles. The summed E-state index contributed by atoms with van der Waals surface area (Å²) in [6, 6.07) is 9.84. The van der Waals surface area contributed by atoms with Crippen LogP contribution >= 0.6 is 0 Å². The van der Waals surface area contributed by atoms with Gasteiger partial charge in [-0.2, -0.15) is 5.26 Å². The predicted octanol–water partition coefficient (Wildman–Crippen LogP) is 2.31. The Morgan fingerprint density at radius 2 is 2.19 bits per heavy atom. The number of ether oxygens (including phenoxy) is 1. The highest BCUT2D eigenvalue weighted by Crippen LogP contribution is 2.34. The molecule has 106 valence electrons. The standard InChI is InChI=1S/C16H16N4O/c1-20(16-12(10-17)4-3-8-19-16)14-6-9-21-15(14)13-5-2-7-18-11-13/h2-5,7-8,11,14-15H,6,9H2,1H3/t14-,15+/m0/s1. The molecule has 2 atom stereocenters. The van der Waals surface area contributed by atoms with Crippen LogP contribution in [0, 0.1) is 11.3 Å².